The number of benzene rings is 1. The zero-order valence-electron chi connectivity index (χ0n) is 17.6. The normalized spacial score (nSPS) is 23.7. The molecule has 8 heteroatoms. The van der Waals surface area contributed by atoms with Crippen molar-refractivity contribution in [3.05, 3.63) is 52.7 Å². The van der Waals surface area contributed by atoms with Crippen LogP contribution in [0, 0.1) is 0 Å². The predicted octanol–water partition coefficient (Wildman–Crippen LogP) is 4.31. The minimum Gasteiger partial charge on any atom is -0.365 e. The van der Waals surface area contributed by atoms with Crippen LogP contribution >= 0.6 is 12.6 Å². The number of alkyl halides is 3. The van der Waals surface area contributed by atoms with Crippen LogP contribution in [0.4, 0.5) is 13.2 Å². The van der Waals surface area contributed by atoms with Gasteiger partial charge in [-0.2, -0.15) is 13.2 Å². The first kappa shape index (κ1) is 22.3. The molecule has 1 amide bonds. The number of carbonyl (C=O) groups excluding carboxylic acids is 1. The van der Waals surface area contributed by atoms with Crippen LogP contribution in [0.1, 0.15) is 43.7 Å². The highest BCUT2D eigenvalue weighted by Crippen LogP contribution is 2.34. The predicted molar refractivity (Wildman–Crippen MR) is 118 cm³/mol. The van der Waals surface area contributed by atoms with Gasteiger partial charge in [-0.1, -0.05) is 18.2 Å². The number of thiol groups is 1. The third-order valence-corrected chi connectivity index (χ3v) is 6.90. The third-order valence-electron chi connectivity index (χ3n) is 6.49. The maximum Gasteiger partial charge on any atom is 0.416 e. The zero-order valence-corrected chi connectivity index (χ0v) is 18.5. The lowest BCUT2D eigenvalue weighted by atomic mass is 9.96. The summed E-state index contributed by atoms with van der Waals surface area (Å²) in [4.78, 5) is 17.6. The Bertz CT molecular complexity index is 898. The molecule has 4 nitrogen and oxygen atoms in total. The molecule has 0 saturated carbocycles. The second-order valence-corrected chi connectivity index (χ2v) is 9.07. The van der Waals surface area contributed by atoms with Crippen LogP contribution in [-0.2, 0) is 11.0 Å². The molecule has 4 rings (SSSR count). The minimum atomic E-state index is -4.40. The number of rotatable bonds is 3. The molecule has 1 unspecified atom stereocenters. The Morgan fingerprint density at radius 1 is 1.13 bits per heavy atom. The summed E-state index contributed by atoms with van der Waals surface area (Å²) in [6.07, 6.45) is 1.85. The van der Waals surface area contributed by atoms with Gasteiger partial charge in [-0.05, 0) is 74.5 Å². The fourth-order valence-corrected chi connectivity index (χ4v) is 5.11. The summed E-state index contributed by atoms with van der Waals surface area (Å²) in [6.45, 7) is 5.58. The van der Waals surface area contributed by atoms with Crippen molar-refractivity contribution in [3.63, 3.8) is 0 Å². The molecule has 0 aliphatic carbocycles. The lowest BCUT2D eigenvalue weighted by molar-refractivity contribution is -0.137. The van der Waals surface area contributed by atoms with E-state index in [1.807, 2.05) is 11.8 Å². The smallest absolute Gasteiger partial charge is 0.365 e. The van der Waals surface area contributed by atoms with Gasteiger partial charge in [-0.25, -0.2) is 0 Å². The summed E-state index contributed by atoms with van der Waals surface area (Å²) in [7, 11) is 0. The van der Waals surface area contributed by atoms with Crippen LogP contribution in [0.25, 0.3) is 5.57 Å². The fourth-order valence-electron chi connectivity index (χ4n) is 4.76. The molecule has 1 atom stereocenters. The fraction of sp³-hybridized carbons (Fsp3) is 0.522. The second-order valence-electron chi connectivity index (χ2n) is 8.55. The van der Waals surface area contributed by atoms with Crippen LogP contribution in [0.2, 0.25) is 0 Å². The number of likely N-dealkylation sites (tertiary alicyclic amines) is 2. The van der Waals surface area contributed by atoms with E-state index in [9.17, 15) is 18.0 Å². The van der Waals surface area contributed by atoms with Crippen molar-refractivity contribution in [2.24, 2.45) is 0 Å². The molecular weight excluding hydrogens is 423 g/mol. The summed E-state index contributed by atoms with van der Waals surface area (Å²) in [5.74, 6) is -0.0595. The van der Waals surface area contributed by atoms with Crippen molar-refractivity contribution in [2.75, 3.05) is 26.2 Å². The molecule has 3 heterocycles. The molecule has 0 spiro atoms. The molecule has 0 radical (unpaired) electrons. The number of hydrogen-bond acceptors (Lipinski definition) is 4. The van der Waals surface area contributed by atoms with Gasteiger partial charge >= 0.3 is 6.18 Å². The molecule has 0 bridgehead atoms. The van der Waals surface area contributed by atoms with Gasteiger partial charge in [0.2, 0.25) is 0 Å². The Morgan fingerprint density at radius 3 is 2.45 bits per heavy atom. The first-order chi connectivity index (χ1) is 14.7. The Balaban J connectivity index is 1.49. The minimum absolute atomic E-state index is 0.0595. The van der Waals surface area contributed by atoms with Gasteiger partial charge in [0.15, 0.2) is 0 Å². The maximum absolute atomic E-state index is 13.1. The van der Waals surface area contributed by atoms with Gasteiger partial charge in [0.25, 0.3) is 5.91 Å². The Hall–Kier alpha value is -1.93. The van der Waals surface area contributed by atoms with E-state index in [0.717, 1.165) is 51.2 Å². The van der Waals surface area contributed by atoms with E-state index < -0.39 is 17.1 Å². The number of hydrogen-bond donors (Lipinski definition) is 2. The number of piperidine rings is 1. The van der Waals surface area contributed by atoms with E-state index in [-0.39, 0.29) is 5.91 Å². The SMILES string of the molecule is CC1=C(C(=O)N2CCC(N3CCCC3)CC2)NC(S)C(c2cccc(C(F)(F)F)c2)=C1. The molecule has 1 aromatic carbocycles. The number of halogens is 3. The second kappa shape index (κ2) is 8.90. The van der Waals surface area contributed by atoms with Crippen LogP contribution in [0.5, 0.6) is 0 Å². The Labute approximate surface area is 186 Å². The molecule has 3 aliphatic heterocycles. The van der Waals surface area contributed by atoms with E-state index in [4.69, 9.17) is 0 Å². The monoisotopic (exact) mass is 451 g/mol. The highest BCUT2D eigenvalue weighted by molar-refractivity contribution is 7.81. The first-order valence-electron chi connectivity index (χ1n) is 10.8. The molecule has 0 aromatic heterocycles. The molecule has 1 N–H and O–H groups in total. The molecule has 168 valence electrons. The molecule has 3 aliphatic rings. The van der Waals surface area contributed by atoms with Crippen LogP contribution in [0.3, 0.4) is 0 Å². The van der Waals surface area contributed by atoms with Gasteiger partial charge < -0.3 is 15.1 Å². The number of carbonyl (C=O) groups is 1. The lowest BCUT2D eigenvalue weighted by Gasteiger charge is -2.38. The summed E-state index contributed by atoms with van der Waals surface area (Å²) < 4.78 is 39.3. The maximum atomic E-state index is 13.1. The highest BCUT2D eigenvalue weighted by Gasteiger charge is 2.33. The van der Waals surface area contributed by atoms with Crippen molar-refractivity contribution in [2.45, 2.75) is 50.2 Å². The first-order valence-corrected chi connectivity index (χ1v) is 11.3. The van der Waals surface area contributed by atoms with E-state index in [1.165, 1.54) is 18.9 Å². The Morgan fingerprint density at radius 2 is 1.81 bits per heavy atom. The van der Waals surface area contributed by atoms with Gasteiger partial charge in [0.1, 0.15) is 5.70 Å². The zero-order chi connectivity index (χ0) is 22.2. The van der Waals surface area contributed by atoms with E-state index in [1.54, 1.807) is 12.1 Å². The van der Waals surface area contributed by atoms with Crippen LogP contribution < -0.4 is 5.32 Å². The summed E-state index contributed by atoms with van der Waals surface area (Å²) >= 11 is 4.53. The van der Waals surface area contributed by atoms with Gasteiger partial charge in [0.05, 0.1) is 10.9 Å². The standard InChI is InChI=1S/C23H28F3N3OS/c1-15-13-19(16-5-4-6-17(14-16)23(24,25)26)21(31)27-20(15)22(30)29-11-7-18(8-12-29)28-9-2-3-10-28/h4-6,13-14,18,21,27,31H,2-3,7-12H2,1H3. The Kier molecular flexibility index (Phi) is 6.40. The average Bonchev–Trinajstić information content (AvgIpc) is 3.29. The highest BCUT2D eigenvalue weighted by atomic mass is 32.1. The van der Waals surface area contributed by atoms with E-state index in [2.05, 4.69) is 22.8 Å². The summed E-state index contributed by atoms with van der Waals surface area (Å²) in [6, 6.07) is 5.77. The lowest BCUT2D eigenvalue weighted by Crippen LogP contribution is -2.48. The largest absolute Gasteiger partial charge is 0.416 e. The number of dihydropyridines is 1. The van der Waals surface area contributed by atoms with Crippen molar-refractivity contribution < 1.29 is 18.0 Å². The van der Waals surface area contributed by atoms with E-state index >= 15 is 0 Å². The number of allylic oxidation sites excluding steroid dienone is 2. The van der Waals surface area contributed by atoms with Crippen molar-refractivity contribution in [3.8, 4) is 0 Å². The van der Waals surface area contributed by atoms with Crippen molar-refractivity contribution in [1.82, 2.24) is 15.1 Å². The molecular formula is C23H28F3N3OS. The van der Waals surface area contributed by atoms with Gasteiger partial charge in [-0.3, -0.25) is 4.79 Å². The van der Waals surface area contributed by atoms with Crippen molar-refractivity contribution in [1.29, 1.82) is 0 Å². The van der Waals surface area contributed by atoms with Gasteiger partial charge in [0, 0.05) is 19.1 Å². The topological polar surface area (TPSA) is 35.6 Å². The van der Waals surface area contributed by atoms with Crippen LogP contribution in [-0.4, -0.2) is 53.3 Å². The molecule has 2 saturated heterocycles. The summed E-state index contributed by atoms with van der Waals surface area (Å²) in [5, 5.41) is 2.57. The van der Waals surface area contributed by atoms with Crippen LogP contribution in [0.15, 0.2) is 41.6 Å². The summed E-state index contributed by atoms with van der Waals surface area (Å²) in [5.41, 5.74) is 1.56. The molecule has 31 heavy (non-hydrogen) atoms. The number of nitrogens with zero attached hydrogens (tertiary/aromatic N) is 2. The number of amides is 1. The third kappa shape index (κ3) is 4.80. The van der Waals surface area contributed by atoms with Crippen molar-refractivity contribution >= 4 is 24.1 Å². The quantitative estimate of drug-likeness (QED) is 0.673. The molecule has 2 fully saturated rings. The number of nitrogens with one attached hydrogen (secondary N) is 1. The molecule has 1 aromatic rings. The van der Waals surface area contributed by atoms with E-state index in [0.29, 0.717) is 28.4 Å². The average molecular weight is 452 g/mol. The van der Waals surface area contributed by atoms with Gasteiger partial charge in [-0.15, -0.1) is 12.6 Å².